The lowest BCUT2D eigenvalue weighted by atomic mass is 10.0. The van der Waals surface area contributed by atoms with Crippen molar-refractivity contribution in [3.05, 3.63) is 12.2 Å². The van der Waals surface area contributed by atoms with Gasteiger partial charge in [-0.25, -0.2) is 0 Å². The van der Waals surface area contributed by atoms with E-state index in [2.05, 4.69) is 25.2 Å². The summed E-state index contributed by atoms with van der Waals surface area (Å²) in [6, 6.07) is -0.222. The minimum absolute atomic E-state index is 0.0822. The summed E-state index contributed by atoms with van der Waals surface area (Å²) in [4.78, 5) is 12.3. The van der Waals surface area contributed by atoms with E-state index in [-0.39, 0.29) is 11.9 Å². The first kappa shape index (κ1) is 46.2. The van der Waals surface area contributed by atoms with Crippen LogP contribution in [-0.2, 0) is 4.79 Å². The molecule has 0 radical (unpaired) electrons. The number of allylic oxidation sites excluding steroid dienone is 1. The highest BCUT2D eigenvalue weighted by molar-refractivity contribution is 5.76. The quantitative estimate of drug-likeness (QED) is 0.0509. The molecule has 0 aromatic carbocycles. The van der Waals surface area contributed by atoms with Crippen LogP contribution >= 0.6 is 0 Å². The first-order valence-corrected chi connectivity index (χ1v) is 21.8. The molecule has 0 bridgehead atoms. The Kier molecular flexibility index (Phi) is 38.9. The zero-order valence-electron chi connectivity index (χ0n) is 32.6. The standard InChI is InChI=1S/C44H87NO2/c1-4-6-8-10-12-14-16-18-19-20-21-22-23-24-25-26-27-29-31-33-35-37-39-41-44(47)45-42(3)43(46)40-38-36-34-32-30-28-17-15-13-11-9-7-5-2/h38,40,42-43,46H,4-37,39,41H2,1-3H3,(H,45,47)/b40-38+/t42-,43?/m0/s1. The molecular weight excluding hydrogens is 574 g/mol. The van der Waals surface area contributed by atoms with E-state index < -0.39 is 6.10 Å². The highest BCUT2D eigenvalue weighted by Crippen LogP contribution is 2.16. The van der Waals surface area contributed by atoms with Crippen LogP contribution in [0.25, 0.3) is 0 Å². The normalized spacial score (nSPS) is 13.0. The first-order chi connectivity index (χ1) is 23.1. The van der Waals surface area contributed by atoms with Crippen LogP contribution in [0.15, 0.2) is 12.2 Å². The Balaban J connectivity index is 3.39. The zero-order valence-corrected chi connectivity index (χ0v) is 32.6. The predicted molar refractivity (Wildman–Crippen MR) is 210 cm³/mol. The minimum atomic E-state index is -0.596. The first-order valence-electron chi connectivity index (χ1n) is 21.8. The molecule has 280 valence electrons. The van der Waals surface area contributed by atoms with Crippen LogP contribution in [0.2, 0.25) is 0 Å². The van der Waals surface area contributed by atoms with Crippen molar-refractivity contribution in [3.63, 3.8) is 0 Å². The Morgan fingerprint density at radius 1 is 0.468 bits per heavy atom. The Labute approximate surface area is 296 Å². The van der Waals surface area contributed by atoms with E-state index in [9.17, 15) is 9.90 Å². The number of unbranched alkanes of at least 4 members (excludes halogenated alkanes) is 33. The van der Waals surface area contributed by atoms with E-state index in [1.165, 1.54) is 205 Å². The molecule has 0 heterocycles. The van der Waals surface area contributed by atoms with Crippen molar-refractivity contribution < 1.29 is 9.90 Å². The molecule has 0 aliphatic carbocycles. The summed E-state index contributed by atoms with van der Waals surface area (Å²) in [6.45, 7) is 6.49. The summed E-state index contributed by atoms with van der Waals surface area (Å²) in [5.41, 5.74) is 0. The van der Waals surface area contributed by atoms with Crippen molar-refractivity contribution in [3.8, 4) is 0 Å². The van der Waals surface area contributed by atoms with Crippen LogP contribution < -0.4 is 5.32 Å². The van der Waals surface area contributed by atoms with Gasteiger partial charge in [0.25, 0.3) is 0 Å². The number of carbonyl (C=O) groups excluding carboxylic acids is 1. The average Bonchev–Trinajstić information content (AvgIpc) is 3.07. The van der Waals surface area contributed by atoms with Gasteiger partial charge in [0.15, 0.2) is 0 Å². The van der Waals surface area contributed by atoms with Gasteiger partial charge >= 0.3 is 0 Å². The van der Waals surface area contributed by atoms with Gasteiger partial charge in [0.05, 0.1) is 12.1 Å². The Morgan fingerprint density at radius 3 is 1.06 bits per heavy atom. The molecule has 0 spiro atoms. The third kappa shape index (κ3) is 37.8. The van der Waals surface area contributed by atoms with Gasteiger partial charge in [-0.15, -0.1) is 0 Å². The fraction of sp³-hybridized carbons (Fsp3) is 0.932. The second-order valence-corrected chi connectivity index (χ2v) is 15.1. The summed E-state index contributed by atoms with van der Waals surface area (Å²) in [6.07, 6.45) is 51.8. The van der Waals surface area contributed by atoms with Crippen LogP contribution in [0.3, 0.4) is 0 Å². The van der Waals surface area contributed by atoms with Crippen molar-refractivity contribution in [1.82, 2.24) is 5.32 Å². The molecule has 47 heavy (non-hydrogen) atoms. The molecule has 3 nitrogen and oxygen atoms in total. The van der Waals surface area contributed by atoms with E-state index in [0.29, 0.717) is 6.42 Å². The van der Waals surface area contributed by atoms with Crippen molar-refractivity contribution in [2.24, 2.45) is 0 Å². The number of rotatable bonds is 39. The molecule has 0 aromatic heterocycles. The van der Waals surface area contributed by atoms with Crippen LogP contribution in [0, 0.1) is 0 Å². The number of amides is 1. The zero-order chi connectivity index (χ0) is 34.3. The number of nitrogens with one attached hydrogen (secondary N) is 1. The molecule has 1 unspecified atom stereocenters. The Bertz CT molecular complexity index is 632. The van der Waals surface area contributed by atoms with Gasteiger partial charge in [0.2, 0.25) is 5.91 Å². The van der Waals surface area contributed by atoms with E-state index in [1.807, 2.05) is 13.0 Å². The number of aliphatic hydroxyl groups is 1. The van der Waals surface area contributed by atoms with Gasteiger partial charge in [0.1, 0.15) is 0 Å². The molecule has 2 atom stereocenters. The third-order valence-electron chi connectivity index (χ3n) is 10.2. The molecule has 0 aliphatic rings. The summed E-state index contributed by atoms with van der Waals surface area (Å²) < 4.78 is 0. The second-order valence-electron chi connectivity index (χ2n) is 15.1. The Hall–Kier alpha value is -0.830. The lowest BCUT2D eigenvalue weighted by Gasteiger charge is -2.17. The van der Waals surface area contributed by atoms with Crippen LogP contribution in [0.5, 0.6) is 0 Å². The molecule has 0 aliphatic heterocycles. The number of aliphatic hydroxyl groups excluding tert-OH is 1. The van der Waals surface area contributed by atoms with Crippen molar-refractivity contribution in [2.75, 3.05) is 0 Å². The number of hydrogen-bond acceptors (Lipinski definition) is 2. The highest BCUT2D eigenvalue weighted by atomic mass is 16.3. The van der Waals surface area contributed by atoms with Gasteiger partial charge < -0.3 is 10.4 Å². The smallest absolute Gasteiger partial charge is 0.220 e. The van der Waals surface area contributed by atoms with Crippen molar-refractivity contribution in [2.45, 2.75) is 264 Å². The van der Waals surface area contributed by atoms with Crippen LogP contribution in [-0.4, -0.2) is 23.2 Å². The number of carbonyl (C=O) groups is 1. The summed E-state index contributed by atoms with van der Waals surface area (Å²) in [5.74, 6) is 0.0822. The largest absolute Gasteiger partial charge is 0.387 e. The predicted octanol–water partition coefficient (Wildman–Crippen LogP) is 14.5. The molecular formula is C44H87NO2. The molecule has 3 heteroatoms. The summed E-state index contributed by atoms with van der Waals surface area (Å²) >= 11 is 0. The van der Waals surface area contributed by atoms with E-state index in [0.717, 1.165) is 19.3 Å². The molecule has 0 fully saturated rings. The summed E-state index contributed by atoms with van der Waals surface area (Å²) in [5, 5.41) is 13.4. The summed E-state index contributed by atoms with van der Waals surface area (Å²) in [7, 11) is 0. The molecule has 0 aromatic rings. The fourth-order valence-corrected chi connectivity index (χ4v) is 6.81. The molecule has 2 N–H and O–H groups in total. The van der Waals surface area contributed by atoms with E-state index in [4.69, 9.17) is 0 Å². The average molecular weight is 662 g/mol. The SMILES string of the molecule is CCCCCCCCCCCCC/C=C/C(O)[C@H](C)NC(=O)CCCCCCCCCCCCCCCCCCCCCCCCC. The monoisotopic (exact) mass is 662 g/mol. The van der Waals surface area contributed by atoms with Crippen LogP contribution in [0.1, 0.15) is 252 Å². The maximum absolute atomic E-state index is 12.3. The van der Waals surface area contributed by atoms with Gasteiger partial charge in [-0.3, -0.25) is 4.79 Å². The highest BCUT2D eigenvalue weighted by Gasteiger charge is 2.13. The minimum Gasteiger partial charge on any atom is -0.387 e. The van der Waals surface area contributed by atoms with E-state index >= 15 is 0 Å². The number of hydrogen-bond donors (Lipinski definition) is 2. The second kappa shape index (κ2) is 39.6. The molecule has 0 rings (SSSR count). The van der Waals surface area contributed by atoms with Crippen molar-refractivity contribution in [1.29, 1.82) is 0 Å². The Morgan fingerprint density at radius 2 is 0.745 bits per heavy atom. The van der Waals surface area contributed by atoms with Gasteiger partial charge in [-0.05, 0) is 26.2 Å². The molecule has 0 saturated heterocycles. The lowest BCUT2D eigenvalue weighted by Crippen LogP contribution is -2.40. The maximum atomic E-state index is 12.3. The molecule has 1 amide bonds. The van der Waals surface area contributed by atoms with Gasteiger partial charge in [-0.2, -0.15) is 0 Å². The fourth-order valence-electron chi connectivity index (χ4n) is 6.81. The van der Waals surface area contributed by atoms with Crippen LogP contribution in [0.4, 0.5) is 0 Å². The lowest BCUT2D eigenvalue weighted by molar-refractivity contribution is -0.122. The molecule has 0 saturated carbocycles. The maximum Gasteiger partial charge on any atom is 0.220 e. The van der Waals surface area contributed by atoms with E-state index in [1.54, 1.807) is 0 Å². The third-order valence-corrected chi connectivity index (χ3v) is 10.2. The van der Waals surface area contributed by atoms with Crippen molar-refractivity contribution >= 4 is 5.91 Å². The van der Waals surface area contributed by atoms with Gasteiger partial charge in [0, 0.05) is 6.42 Å². The topological polar surface area (TPSA) is 49.3 Å². The van der Waals surface area contributed by atoms with Gasteiger partial charge in [-0.1, -0.05) is 231 Å².